The Balaban J connectivity index is 1.57. The Labute approximate surface area is 193 Å². The van der Waals surface area contributed by atoms with Gasteiger partial charge in [0.15, 0.2) is 0 Å². The molecule has 8 atom stereocenters. The Hall–Kier alpha value is -0.0210. The summed E-state index contributed by atoms with van der Waals surface area (Å²) in [4.78, 5) is 25.0. The van der Waals surface area contributed by atoms with Crippen molar-refractivity contribution in [3.63, 3.8) is 0 Å². The number of carbonyl (C=O) groups excluding carboxylic acids is 2. The van der Waals surface area contributed by atoms with Gasteiger partial charge in [0.05, 0.1) is 0 Å². The Bertz CT molecular complexity index is 687. The second-order valence-corrected chi connectivity index (χ2v) is 19.0. The zero-order chi connectivity index (χ0) is 22.3. The van der Waals surface area contributed by atoms with Crippen LogP contribution in [-0.2, 0) is 19.1 Å². The van der Waals surface area contributed by atoms with Crippen LogP contribution in [0.1, 0.15) is 81.1 Å². The number of esters is 2. The van der Waals surface area contributed by atoms with Gasteiger partial charge in [0.25, 0.3) is 0 Å². The van der Waals surface area contributed by atoms with Crippen molar-refractivity contribution >= 4 is 38.2 Å². The quantitative estimate of drug-likeness (QED) is 0.371. The molecule has 0 aromatic rings. The molecule has 4 aliphatic rings. The van der Waals surface area contributed by atoms with Crippen LogP contribution < -0.4 is 0 Å². The fourth-order valence-electron chi connectivity index (χ4n) is 7.55. The van der Waals surface area contributed by atoms with Gasteiger partial charge in [-0.25, -0.2) is 0 Å². The first-order chi connectivity index (χ1) is 13.8. The molecule has 4 bridgehead atoms. The van der Waals surface area contributed by atoms with Crippen LogP contribution in [0.2, 0.25) is 9.63 Å². The van der Waals surface area contributed by atoms with E-state index < -0.39 is 0 Å². The molecule has 4 fully saturated rings. The van der Waals surface area contributed by atoms with Crippen molar-refractivity contribution in [3.05, 3.63) is 0 Å². The molecule has 0 radical (unpaired) electrons. The van der Waals surface area contributed by atoms with Crippen molar-refractivity contribution in [2.24, 2.45) is 33.5 Å². The van der Waals surface area contributed by atoms with Gasteiger partial charge in [-0.15, -0.1) is 0 Å². The van der Waals surface area contributed by atoms with E-state index in [0.717, 1.165) is 12.8 Å². The monoisotopic (exact) mass is 550 g/mol. The molecule has 0 spiro atoms. The van der Waals surface area contributed by atoms with E-state index in [1.54, 1.807) is 13.8 Å². The van der Waals surface area contributed by atoms with Gasteiger partial charge in [-0.3, -0.25) is 0 Å². The molecule has 0 heterocycles. The van der Waals surface area contributed by atoms with Crippen LogP contribution in [0.4, 0.5) is 0 Å². The van der Waals surface area contributed by atoms with Crippen LogP contribution in [0.3, 0.4) is 0 Å². The fraction of sp³-hybridized carbons (Fsp3) is 0.917. The minimum absolute atomic E-state index is 0.0555. The van der Waals surface area contributed by atoms with Crippen LogP contribution in [0, 0.1) is 33.5 Å². The average molecular weight is 548 g/mol. The third-order valence-corrected chi connectivity index (χ3v) is 19.9. The number of carbonyl (C=O) groups is 2. The molecule has 4 nitrogen and oxygen atoms in total. The van der Waals surface area contributed by atoms with Gasteiger partial charge >= 0.3 is 194 Å². The molecule has 0 unspecified atom stereocenters. The summed E-state index contributed by atoms with van der Waals surface area (Å²) < 4.78 is 12.1. The second-order valence-electron chi connectivity index (χ2n) is 11.8. The normalized spacial score (nSPS) is 47.5. The maximum absolute atomic E-state index is 12.0. The molecule has 4 aliphatic carbocycles. The van der Waals surface area contributed by atoms with Crippen molar-refractivity contribution in [2.45, 2.75) is 103 Å². The van der Waals surface area contributed by atoms with E-state index in [0.29, 0.717) is 47.7 Å². The van der Waals surface area contributed by atoms with Gasteiger partial charge in [0.2, 0.25) is 0 Å². The SMILES string of the molecule is CC(=O)O[C@H]1[C@@H]([Se][Se][C@H]2[C@H]3CC[C@@](C)([C@H]2OC(C)=O)C3(C)C)[C@H]2CC[C@]1(C)C2(C)C. The number of hydrogen-bond donors (Lipinski definition) is 0. The van der Waals surface area contributed by atoms with Crippen LogP contribution >= 0.6 is 0 Å². The van der Waals surface area contributed by atoms with Crippen molar-refractivity contribution in [2.75, 3.05) is 0 Å². The molecule has 0 aromatic heterocycles. The second kappa shape index (κ2) is 7.24. The van der Waals surface area contributed by atoms with E-state index >= 15 is 0 Å². The molecule has 30 heavy (non-hydrogen) atoms. The number of ether oxygens (including phenoxy) is 2. The molecular formula is C24H38O4Se2. The van der Waals surface area contributed by atoms with Crippen molar-refractivity contribution in [3.8, 4) is 0 Å². The van der Waals surface area contributed by atoms with Crippen molar-refractivity contribution in [1.82, 2.24) is 0 Å². The molecule has 0 aliphatic heterocycles. The maximum atomic E-state index is 12.0. The standard InChI is InChI=1S/C24H38O4Se2/c1-13(25)27-19-17(15-9-11-23(19,7)21(15,3)4)29-30-18-16-10-12-24(8,22(16,5)6)20(18)28-14(2)26/h15-20H,9-12H2,1-8H3/t15-,16-,17+,18+,19+,20+,23+,24+/m1/s1. The number of hydrogen-bond acceptors (Lipinski definition) is 4. The summed E-state index contributed by atoms with van der Waals surface area (Å²) >= 11 is 0.848. The summed E-state index contributed by atoms with van der Waals surface area (Å²) in [6.07, 6.45) is 4.95. The zero-order valence-electron chi connectivity index (χ0n) is 19.7. The summed E-state index contributed by atoms with van der Waals surface area (Å²) in [6, 6.07) is 0. The summed E-state index contributed by atoms with van der Waals surface area (Å²) in [5.41, 5.74) is 0.595. The molecule has 0 amide bonds. The predicted molar refractivity (Wildman–Crippen MR) is 119 cm³/mol. The summed E-state index contributed by atoms with van der Waals surface area (Å²) in [6.45, 7) is 17.4. The predicted octanol–water partition coefficient (Wildman–Crippen LogP) is 4.66. The van der Waals surface area contributed by atoms with E-state index in [4.69, 9.17) is 9.47 Å². The van der Waals surface area contributed by atoms with Gasteiger partial charge in [-0.1, -0.05) is 0 Å². The van der Waals surface area contributed by atoms with Crippen molar-refractivity contribution in [1.29, 1.82) is 0 Å². The average Bonchev–Trinajstić information content (AvgIpc) is 3.10. The molecule has 0 saturated heterocycles. The first kappa shape index (κ1) is 23.1. The Morgan fingerprint density at radius 3 is 1.33 bits per heavy atom. The van der Waals surface area contributed by atoms with E-state index in [1.165, 1.54) is 12.8 Å². The molecular weight excluding hydrogens is 510 g/mol. The Kier molecular flexibility index (Phi) is 5.59. The summed E-state index contributed by atoms with van der Waals surface area (Å²) in [5, 5.41) is 0. The van der Waals surface area contributed by atoms with Gasteiger partial charge in [-0.05, 0) is 0 Å². The molecule has 4 saturated carbocycles. The van der Waals surface area contributed by atoms with Crippen molar-refractivity contribution < 1.29 is 19.1 Å². The number of rotatable bonds is 5. The van der Waals surface area contributed by atoms with Gasteiger partial charge in [0, 0.05) is 0 Å². The van der Waals surface area contributed by atoms with Crippen LogP contribution in [0.25, 0.3) is 0 Å². The van der Waals surface area contributed by atoms with E-state index in [-0.39, 0.29) is 45.8 Å². The zero-order valence-corrected chi connectivity index (χ0v) is 23.2. The van der Waals surface area contributed by atoms with E-state index in [9.17, 15) is 9.59 Å². The molecule has 6 heteroatoms. The minimum atomic E-state index is -0.135. The third-order valence-electron chi connectivity index (χ3n) is 10.3. The van der Waals surface area contributed by atoms with Gasteiger partial charge in [-0.2, -0.15) is 0 Å². The number of fused-ring (bicyclic) bond motifs is 4. The first-order valence-corrected chi connectivity index (χ1v) is 17.7. The Morgan fingerprint density at radius 2 is 1.03 bits per heavy atom. The van der Waals surface area contributed by atoms with Crippen LogP contribution in [0.15, 0.2) is 0 Å². The fourth-order valence-corrected chi connectivity index (χ4v) is 20.5. The van der Waals surface area contributed by atoms with E-state index in [2.05, 4.69) is 41.5 Å². The van der Waals surface area contributed by atoms with Gasteiger partial charge in [0.1, 0.15) is 0 Å². The van der Waals surface area contributed by atoms with Crippen LogP contribution in [0.5, 0.6) is 0 Å². The molecule has 4 rings (SSSR count). The third kappa shape index (κ3) is 2.96. The first-order valence-electron chi connectivity index (χ1n) is 11.4. The van der Waals surface area contributed by atoms with Gasteiger partial charge < -0.3 is 0 Å². The molecule has 170 valence electrons. The summed E-state index contributed by atoms with van der Waals surface area (Å²) in [7, 11) is 0. The topological polar surface area (TPSA) is 52.6 Å². The van der Waals surface area contributed by atoms with E-state index in [1.807, 2.05) is 0 Å². The molecule has 0 aromatic carbocycles. The Morgan fingerprint density at radius 1 is 0.700 bits per heavy atom. The van der Waals surface area contributed by atoms with Crippen LogP contribution in [-0.4, -0.2) is 50.4 Å². The summed E-state index contributed by atoms with van der Waals surface area (Å²) in [5.74, 6) is 1.01. The molecule has 0 N–H and O–H groups in total.